The number of ether oxygens (including phenoxy) is 1. The molecule has 94 valence electrons. The van der Waals surface area contributed by atoms with E-state index in [9.17, 15) is 4.39 Å². The van der Waals surface area contributed by atoms with Crippen molar-refractivity contribution in [2.45, 2.75) is 13.0 Å². The van der Waals surface area contributed by atoms with Crippen LogP contribution < -0.4 is 15.4 Å². The minimum atomic E-state index is -0.401. The molecule has 1 heterocycles. The molecular formula is C12H16ClFN2O. The fourth-order valence-corrected chi connectivity index (χ4v) is 2.22. The fourth-order valence-electron chi connectivity index (χ4n) is 1.95. The number of hydrogen-bond acceptors (Lipinski definition) is 3. The second-order valence-corrected chi connectivity index (χ2v) is 4.36. The van der Waals surface area contributed by atoms with Gasteiger partial charge < -0.3 is 15.4 Å². The van der Waals surface area contributed by atoms with Crippen molar-refractivity contribution in [3.63, 3.8) is 0 Å². The number of nitrogens with one attached hydrogen (secondary N) is 2. The van der Waals surface area contributed by atoms with Gasteiger partial charge in [-0.05, 0) is 24.6 Å². The minimum absolute atomic E-state index is 0.103. The summed E-state index contributed by atoms with van der Waals surface area (Å²) < 4.78 is 19.0. The molecule has 0 amide bonds. The maximum Gasteiger partial charge on any atom is 0.173 e. The van der Waals surface area contributed by atoms with Crippen molar-refractivity contribution in [2.75, 3.05) is 26.2 Å². The molecule has 0 unspecified atom stereocenters. The van der Waals surface area contributed by atoms with Crippen molar-refractivity contribution in [3.8, 4) is 5.75 Å². The van der Waals surface area contributed by atoms with Gasteiger partial charge in [-0.15, -0.1) is 0 Å². The first-order valence-electron chi connectivity index (χ1n) is 5.78. The van der Waals surface area contributed by atoms with Crippen LogP contribution in [0.4, 0.5) is 4.39 Å². The third-order valence-corrected chi connectivity index (χ3v) is 3.03. The van der Waals surface area contributed by atoms with Gasteiger partial charge in [-0.25, -0.2) is 4.39 Å². The van der Waals surface area contributed by atoms with Gasteiger partial charge in [0.25, 0.3) is 0 Å². The summed E-state index contributed by atoms with van der Waals surface area (Å²) in [6.45, 7) is 4.79. The third-order valence-electron chi connectivity index (χ3n) is 2.75. The quantitative estimate of drug-likeness (QED) is 0.871. The van der Waals surface area contributed by atoms with E-state index in [0.717, 1.165) is 25.2 Å². The van der Waals surface area contributed by atoms with Crippen LogP contribution in [0.3, 0.4) is 0 Å². The summed E-state index contributed by atoms with van der Waals surface area (Å²) >= 11 is 6.02. The molecule has 17 heavy (non-hydrogen) atoms. The molecular weight excluding hydrogens is 243 g/mol. The van der Waals surface area contributed by atoms with E-state index in [0.29, 0.717) is 11.6 Å². The van der Waals surface area contributed by atoms with Crippen LogP contribution in [0.1, 0.15) is 18.5 Å². The van der Waals surface area contributed by atoms with Gasteiger partial charge in [-0.3, -0.25) is 0 Å². The second kappa shape index (κ2) is 5.67. The molecule has 2 N–H and O–H groups in total. The van der Waals surface area contributed by atoms with Crippen LogP contribution in [0, 0.1) is 5.82 Å². The van der Waals surface area contributed by atoms with Crippen LogP contribution in [-0.2, 0) is 0 Å². The Balaban J connectivity index is 2.24. The Morgan fingerprint density at radius 2 is 2.29 bits per heavy atom. The molecule has 0 radical (unpaired) electrons. The monoisotopic (exact) mass is 258 g/mol. The van der Waals surface area contributed by atoms with Gasteiger partial charge in [-0.1, -0.05) is 11.6 Å². The molecule has 1 fully saturated rings. The lowest BCUT2D eigenvalue weighted by Crippen LogP contribution is -2.42. The zero-order valence-electron chi connectivity index (χ0n) is 9.72. The normalized spacial score (nSPS) is 20.3. The fraction of sp³-hybridized carbons (Fsp3) is 0.500. The molecule has 5 heteroatoms. The first kappa shape index (κ1) is 12.6. The highest BCUT2D eigenvalue weighted by molar-refractivity contribution is 6.32. The van der Waals surface area contributed by atoms with Gasteiger partial charge >= 0.3 is 0 Å². The van der Waals surface area contributed by atoms with Crippen molar-refractivity contribution < 1.29 is 9.13 Å². The van der Waals surface area contributed by atoms with Gasteiger partial charge in [0.1, 0.15) is 0 Å². The van der Waals surface area contributed by atoms with Gasteiger partial charge in [0, 0.05) is 25.7 Å². The van der Waals surface area contributed by atoms with Crippen LogP contribution >= 0.6 is 11.6 Å². The third kappa shape index (κ3) is 2.89. The van der Waals surface area contributed by atoms with Gasteiger partial charge in [-0.2, -0.15) is 0 Å². The number of piperazine rings is 1. The molecule has 0 saturated carbocycles. The Hall–Kier alpha value is -0.840. The van der Waals surface area contributed by atoms with Crippen molar-refractivity contribution in [2.24, 2.45) is 0 Å². The Morgan fingerprint density at radius 1 is 1.47 bits per heavy atom. The molecule has 3 nitrogen and oxygen atoms in total. The Labute approximate surface area is 105 Å². The van der Waals surface area contributed by atoms with E-state index < -0.39 is 5.82 Å². The molecule has 1 aliphatic heterocycles. The smallest absolute Gasteiger partial charge is 0.173 e. The molecule has 2 rings (SSSR count). The van der Waals surface area contributed by atoms with E-state index in [1.807, 2.05) is 0 Å². The summed E-state index contributed by atoms with van der Waals surface area (Å²) in [4.78, 5) is 0. The number of benzene rings is 1. The first-order chi connectivity index (χ1) is 8.22. The maximum absolute atomic E-state index is 13.8. The number of hydrogen-bond donors (Lipinski definition) is 2. The zero-order chi connectivity index (χ0) is 12.3. The zero-order valence-corrected chi connectivity index (χ0v) is 10.5. The van der Waals surface area contributed by atoms with Crippen LogP contribution in [0.15, 0.2) is 12.1 Å². The van der Waals surface area contributed by atoms with Crippen LogP contribution in [0.5, 0.6) is 5.75 Å². The highest BCUT2D eigenvalue weighted by atomic mass is 35.5. The van der Waals surface area contributed by atoms with Gasteiger partial charge in [0.05, 0.1) is 11.6 Å². The van der Waals surface area contributed by atoms with E-state index in [2.05, 4.69) is 10.6 Å². The molecule has 1 aromatic rings. The van der Waals surface area contributed by atoms with E-state index in [4.69, 9.17) is 16.3 Å². The highest BCUT2D eigenvalue weighted by Crippen LogP contribution is 2.31. The molecule has 1 aromatic carbocycles. The lowest BCUT2D eigenvalue weighted by molar-refractivity contribution is 0.321. The maximum atomic E-state index is 13.8. The van der Waals surface area contributed by atoms with Crippen molar-refractivity contribution in [1.82, 2.24) is 10.6 Å². The molecule has 1 atom stereocenters. The van der Waals surface area contributed by atoms with Crippen LogP contribution in [0.25, 0.3) is 0 Å². The van der Waals surface area contributed by atoms with E-state index in [-0.39, 0.29) is 11.8 Å². The van der Waals surface area contributed by atoms with Crippen molar-refractivity contribution >= 4 is 11.6 Å². The topological polar surface area (TPSA) is 33.3 Å². The summed E-state index contributed by atoms with van der Waals surface area (Å²) in [5, 5.41) is 6.89. The largest absolute Gasteiger partial charge is 0.489 e. The molecule has 0 bridgehead atoms. The molecule has 0 aliphatic carbocycles. The van der Waals surface area contributed by atoms with E-state index in [1.54, 1.807) is 13.0 Å². The minimum Gasteiger partial charge on any atom is -0.489 e. The van der Waals surface area contributed by atoms with Crippen molar-refractivity contribution in [3.05, 3.63) is 28.5 Å². The molecule has 1 saturated heterocycles. The standard InChI is InChI=1S/C12H16ClFN2O/c1-2-17-12-9(13)5-8(6-10(12)14)11-7-15-3-4-16-11/h5-6,11,15-16H,2-4,7H2,1H3/t11-/m0/s1. The molecule has 1 aliphatic rings. The van der Waals surface area contributed by atoms with Crippen LogP contribution in [0.2, 0.25) is 5.02 Å². The van der Waals surface area contributed by atoms with E-state index >= 15 is 0 Å². The first-order valence-corrected chi connectivity index (χ1v) is 6.16. The Bertz CT molecular complexity index is 371. The average Bonchev–Trinajstić information content (AvgIpc) is 2.35. The summed E-state index contributed by atoms with van der Waals surface area (Å²) in [6, 6.07) is 3.35. The Morgan fingerprint density at radius 3 is 2.88 bits per heavy atom. The van der Waals surface area contributed by atoms with E-state index in [1.165, 1.54) is 6.07 Å². The molecule has 0 aromatic heterocycles. The Kier molecular flexibility index (Phi) is 4.20. The highest BCUT2D eigenvalue weighted by Gasteiger charge is 2.18. The lowest BCUT2D eigenvalue weighted by atomic mass is 10.0. The summed E-state index contributed by atoms with van der Waals surface area (Å²) in [7, 11) is 0. The summed E-state index contributed by atoms with van der Waals surface area (Å²) in [6.07, 6.45) is 0. The van der Waals surface area contributed by atoms with Gasteiger partial charge in [0.2, 0.25) is 0 Å². The lowest BCUT2D eigenvalue weighted by Gasteiger charge is -2.25. The van der Waals surface area contributed by atoms with Gasteiger partial charge in [0.15, 0.2) is 11.6 Å². The van der Waals surface area contributed by atoms with Crippen molar-refractivity contribution in [1.29, 1.82) is 0 Å². The summed E-state index contributed by atoms with van der Waals surface area (Å²) in [5.74, 6) is -0.261. The average molecular weight is 259 g/mol. The SMILES string of the molecule is CCOc1c(F)cc([C@@H]2CNCCN2)cc1Cl. The summed E-state index contributed by atoms with van der Waals surface area (Å²) in [5.41, 5.74) is 0.850. The predicted molar refractivity (Wildman–Crippen MR) is 66.2 cm³/mol. The predicted octanol–water partition coefficient (Wildman–Crippen LogP) is 2.11. The number of halogens is 2. The number of rotatable bonds is 3. The van der Waals surface area contributed by atoms with Crippen LogP contribution in [-0.4, -0.2) is 26.2 Å². The second-order valence-electron chi connectivity index (χ2n) is 3.96. The molecule has 0 spiro atoms.